The Hall–Kier alpha value is -2.10. The minimum Gasteiger partial charge on any atom is -0.496 e. The van der Waals surface area contributed by atoms with Gasteiger partial charge in [-0.15, -0.1) is 0 Å². The Morgan fingerprint density at radius 1 is 1.35 bits per heavy atom. The Morgan fingerprint density at radius 3 is 2.71 bits per heavy atom. The fraction of sp³-hybridized carbons (Fsp3) is 0.231. The van der Waals surface area contributed by atoms with Crippen molar-refractivity contribution in [2.24, 2.45) is 0 Å². The highest BCUT2D eigenvalue weighted by Gasteiger charge is 2.09. The molecule has 0 bridgehead atoms. The molecule has 4 heteroatoms. The van der Waals surface area contributed by atoms with E-state index in [1.807, 2.05) is 24.3 Å². The number of benzene rings is 1. The Morgan fingerprint density at radius 2 is 2.06 bits per heavy atom. The summed E-state index contributed by atoms with van der Waals surface area (Å²) in [6.45, 7) is 1.55. The quantitative estimate of drug-likeness (QED) is 0.806. The first kappa shape index (κ1) is 11.4. The maximum Gasteiger partial charge on any atom is 0.255 e. The van der Waals surface area contributed by atoms with Gasteiger partial charge in [-0.25, -0.2) is 0 Å². The molecule has 0 aliphatic heterocycles. The van der Waals surface area contributed by atoms with Crippen molar-refractivity contribution in [3.05, 3.63) is 40.7 Å². The van der Waals surface area contributed by atoms with Gasteiger partial charge >= 0.3 is 0 Å². The van der Waals surface area contributed by atoms with Gasteiger partial charge in [0.05, 0.1) is 19.2 Å². The highest BCUT2D eigenvalue weighted by Crippen LogP contribution is 2.22. The van der Waals surface area contributed by atoms with Crippen molar-refractivity contribution in [3.8, 4) is 5.75 Å². The summed E-state index contributed by atoms with van der Waals surface area (Å²) in [6, 6.07) is 8.78. The van der Waals surface area contributed by atoms with Crippen LogP contribution < -0.4 is 10.3 Å². The molecule has 0 aliphatic rings. The van der Waals surface area contributed by atoms with Crippen molar-refractivity contribution in [1.29, 1.82) is 0 Å². The number of methoxy groups -OCH3 is 1. The van der Waals surface area contributed by atoms with Gasteiger partial charge in [0.25, 0.3) is 5.56 Å². The summed E-state index contributed by atoms with van der Waals surface area (Å²) in [6.07, 6.45) is 0. The molecule has 0 unspecified atom stereocenters. The first-order valence-corrected chi connectivity index (χ1v) is 5.29. The zero-order chi connectivity index (χ0) is 12.4. The molecule has 17 heavy (non-hydrogen) atoms. The number of nitrogens with zero attached hydrogens (tertiary/aromatic N) is 1. The molecule has 0 amide bonds. The van der Waals surface area contributed by atoms with Gasteiger partial charge in [0, 0.05) is 11.5 Å². The molecule has 1 aromatic heterocycles. The fourth-order valence-corrected chi connectivity index (χ4v) is 1.86. The minimum atomic E-state index is -0.226. The van der Waals surface area contributed by atoms with Crippen molar-refractivity contribution in [2.45, 2.75) is 13.5 Å². The van der Waals surface area contributed by atoms with Crippen LogP contribution in [-0.2, 0) is 11.3 Å². The van der Waals surface area contributed by atoms with Crippen LogP contribution >= 0.6 is 0 Å². The smallest absolute Gasteiger partial charge is 0.255 e. The Kier molecular flexibility index (Phi) is 2.95. The number of aromatic nitrogens is 1. The molecule has 88 valence electrons. The molecule has 0 fully saturated rings. The summed E-state index contributed by atoms with van der Waals surface area (Å²) in [5.41, 5.74) is 0.489. The lowest BCUT2D eigenvalue weighted by Crippen LogP contribution is -2.23. The molecule has 0 spiro atoms. The summed E-state index contributed by atoms with van der Waals surface area (Å²) in [5.74, 6) is 0.479. The average molecular weight is 231 g/mol. The van der Waals surface area contributed by atoms with Gasteiger partial charge in [0.1, 0.15) is 11.5 Å². The highest BCUT2D eigenvalue weighted by atomic mass is 16.5. The summed E-state index contributed by atoms with van der Waals surface area (Å²) >= 11 is 0. The topological polar surface area (TPSA) is 48.3 Å². The van der Waals surface area contributed by atoms with Crippen molar-refractivity contribution in [3.63, 3.8) is 0 Å². The molecule has 0 aliphatic carbocycles. The van der Waals surface area contributed by atoms with Gasteiger partial charge in [0.15, 0.2) is 0 Å². The molecule has 0 saturated heterocycles. The predicted molar refractivity (Wildman–Crippen MR) is 65.4 cm³/mol. The Labute approximate surface area is 98.4 Å². The number of Topliss-reactive ketones (excluding diaryl/α,β-unsaturated/α-hetero) is 1. The predicted octanol–water partition coefficient (Wildman–Crippen LogP) is 1.60. The number of hydrogen-bond acceptors (Lipinski definition) is 3. The molecular weight excluding hydrogens is 218 g/mol. The number of carbonyl (C=O) groups excluding carboxylic acids is 1. The van der Waals surface area contributed by atoms with E-state index in [1.165, 1.54) is 24.7 Å². The zero-order valence-electron chi connectivity index (χ0n) is 9.77. The molecule has 0 radical (unpaired) electrons. The molecule has 4 nitrogen and oxygen atoms in total. The van der Waals surface area contributed by atoms with Crippen LogP contribution in [-0.4, -0.2) is 17.5 Å². The van der Waals surface area contributed by atoms with E-state index in [1.54, 1.807) is 0 Å². The molecule has 2 aromatic rings. The third kappa shape index (κ3) is 2.06. The number of fused-ring (bicyclic) bond motifs is 1. The standard InChI is InChI=1S/C13H13NO3/c1-9(15)8-14-11-6-4-3-5-10(11)12(17-2)7-13(14)16/h3-7H,8H2,1-2H3. The summed E-state index contributed by atoms with van der Waals surface area (Å²) in [5, 5.41) is 0.829. The van der Waals surface area contributed by atoms with Gasteiger partial charge in [-0.2, -0.15) is 0 Å². The average Bonchev–Trinajstić information content (AvgIpc) is 2.32. The number of carbonyl (C=O) groups is 1. The van der Waals surface area contributed by atoms with Crippen molar-refractivity contribution < 1.29 is 9.53 Å². The van der Waals surface area contributed by atoms with Crippen LogP contribution in [0, 0.1) is 0 Å². The summed E-state index contributed by atoms with van der Waals surface area (Å²) < 4.78 is 6.63. The van der Waals surface area contributed by atoms with Gasteiger partial charge in [0.2, 0.25) is 0 Å². The first-order valence-electron chi connectivity index (χ1n) is 5.29. The first-order chi connectivity index (χ1) is 8.13. The lowest BCUT2D eigenvalue weighted by Gasteiger charge is -2.11. The van der Waals surface area contributed by atoms with E-state index in [0.29, 0.717) is 11.3 Å². The maximum atomic E-state index is 11.9. The van der Waals surface area contributed by atoms with Crippen LogP contribution in [0.3, 0.4) is 0 Å². The van der Waals surface area contributed by atoms with Crippen LogP contribution in [0.15, 0.2) is 35.1 Å². The van der Waals surface area contributed by atoms with E-state index in [9.17, 15) is 9.59 Å². The SMILES string of the molecule is COc1cc(=O)n(CC(C)=O)c2ccccc12. The number of ether oxygens (including phenoxy) is 1. The van der Waals surface area contributed by atoms with E-state index in [4.69, 9.17) is 4.74 Å². The van der Waals surface area contributed by atoms with Gasteiger partial charge in [-0.3, -0.25) is 9.59 Å². The second-order valence-corrected chi connectivity index (χ2v) is 3.86. The van der Waals surface area contributed by atoms with E-state index in [0.717, 1.165) is 5.39 Å². The van der Waals surface area contributed by atoms with Crippen LogP contribution in [0.4, 0.5) is 0 Å². The monoisotopic (exact) mass is 231 g/mol. The Bertz CT molecular complexity index is 628. The van der Waals surface area contributed by atoms with E-state index in [-0.39, 0.29) is 17.9 Å². The normalized spacial score (nSPS) is 10.5. The molecule has 2 rings (SSSR count). The minimum absolute atomic E-state index is 0.0533. The zero-order valence-corrected chi connectivity index (χ0v) is 9.77. The highest BCUT2D eigenvalue weighted by molar-refractivity contribution is 5.86. The van der Waals surface area contributed by atoms with Crippen LogP contribution in [0.2, 0.25) is 0 Å². The number of hydrogen-bond donors (Lipinski definition) is 0. The van der Waals surface area contributed by atoms with Gasteiger partial charge in [-0.05, 0) is 19.1 Å². The van der Waals surface area contributed by atoms with Crippen LogP contribution in [0.1, 0.15) is 6.92 Å². The van der Waals surface area contributed by atoms with Crippen molar-refractivity contribution in [2.75, 3.05) is 7.11 Å². The lowest BCUT2D eigenvalue weighted by atomic mass is 10.2. The second kappa shape index (κ2) is 4.41. The number of rotatable bonds is 3. The summed E-state index contributed by atoms with van der Waals surface area (Å²) in [4.78, 5) is 23.1. The largest absolute Gasteiger partial charge is 0.496 e. The van der Waals surface area contributed by atoms with E-state index in [2.05, 4.69) is 0 Å². The van der Waals surface area contributed by atoms with E-state index >= 15 is 0 Å². The van der Waals surface area contributed by atoms with Crippen LogP contribution in [0.5, 0.6) is 5.75 Å². The lowest BCUT2D eigenvalue weighted by molar-refractivity contribution is -0.117. The number of ketones is 1. The van der Waals surface area contributed by atoms with Gasteiger partial charge < -0.3 is 9.30 Å². The van der Waals surface area contributed by atoms with Crippen molar-refractivity contribution in [1.82, 2.24) is 4.57 Å². The third-order valence-corrected chi connectivity index (χ3v) is 2.58. The molecule has 1 heterocycles. The van der Waals surface area contributed by atoms with Crippen molar-refractivity contribution >= 4 is 16.7 Å². The molecule has 0 saturated carbocycles. The number of pyridine rings is 1. The Balaban J connectivity index is 2.80. The van der Waals surface area contributed by atoms with E-state index < -0.39 is 0 Å². The van der Waals surface area contributed by atoms with Gasteiger partial charge in [-0.1, -0.05) is 12.1 Å². The molecular formula is C13H13NO3. The van der Waals surface area contributed by atoms with Crippen LogP contribution in [0.25, 0.3) is 10.9 Å². The number of para-hydroxylation sites is 1. The molecule has 0 atom stereocenters. The molecule has 1 aromatic carbocycles. The maximum absolute atomic E-state index is 11.9. The fourth-order valence-electron chi connectivity index (χ4n) is 1.86. The summed E-state index contributed by atoms with van der Waals surface area (Å²) in [7, 11) is 1.52. The second-order valence-electron chi connectivity index (χ2n) is 3.86. The molecule has 0 N–H and O–H groups in total. The third-order valence-electron chi connectivity index (χ3n) is 2.58.